The first kappa shape index (κ1) is 14.2. The van der Waals surface area contributed by atoms with Crippen molar-refractivity contribution in [2.75, 3.05) is 7.05 Å². The fourth-order valence-corrected chi connectivity index (χ4v) is 1.81. The summed E-state index contributed by atoms with van der Waals surface area (Å²) in [6.45, 7) is -0.0160. The second kappa shape index (κ2) is 5.41. The molecule has 1 amide bonds. The molecule has 2 rings (SSSR count). The van der Waals surface area contributed by atoms with Crippen LogP contribution in [0.2, 0.25) is 5.15 Å². The summed E-state index contributed by atoms with van der Waals surface area (Å²) in [5, 5.41) is 16.7. The molecular weight excluding hydrogens is 289 g/mol. The Balaban J connectivity index is 2.47. The van der Waals surface area contributed by atoms with E-state index in [9.17, 15) is 9.18 Å². The van der Waals surface area contributed by atoms with Gasteiger partial charge in [-0.1, -0.05) is 11.6 Å². The number of nitrogens with zero attached hydrogens (tertiary/aromatic N) is 5. The van der Waals surface area contributed by atoms with Gasteiger partial charge in [0, 0.05) is 25.9 Å². The summed E-state index contributed by atoms with van der Waals surface area (Å²) in [5.74, 6) is -0.714. The molecule has 20 heavy (non-hydrogen) atoms. The number of rotatable bonds is 3. The van der Waals surface area contributed by atoms with Gasteiger partial charge in [0.05, 0.1) is 6.54 Å². The number of aromatic nitrogens is 4. The third kappa shape index (κ3) is 2.69. The summed E-state index contributed by atoms with van der Waals surface area (Å²) in [4.78, 5) is 16.7. The second-order valence-electron chi connectivity index (χ2n) is 4.09. The zero-order chi connectivity index (χ0) is 14.9. The quantitative estimate of drug-likeness (QED) is 0.873. The van der Waals surface area contributed by atoms with Gasteiger partial charge in [0.2, 0.25) is 0 Å². The molecule has 0 aliphatic carbocycles. The highest BCUT2D eigenvalue weighted by molar-refractivity contribution is 6.29. The predicted molar refractivity (Wildman–Crippen MR) is 68.7 cm³/mol. The van der Waals surface area contributed by atoms with Crippen LogP contribution in [-0.4, -0.2) is 43.1 Å². The molecule has 0 radical (unpaired) electrons. The van der Waals surface area contributed by atoms with Gasteiger partial charge in [0.1, 0.15) is 11.4 Å². The summed E-state index contributed by atoms with van der Waals surface area (Å²) in [7, 11) is 2.95. The summed E-state index contributed by atoms with van der Waals surface area (Å²) >= 11 is 5.63. The van der Waals surface area contributed by atoms with Crippen molar-refractivity contribution >= 4 is 17.7 Å². The number of hydrogen-bond acceptors (Lipinski definition) is 4. The normalized spacial score (nSPS) is 10.6. The third-order valence-electron chi connectivity index (χ3n) is 2.60. The van der Waals surface area contributed by atoms with Crippen LogP contribution < -0.4 is 0 Å². The molecule has 0 aromatic carbocycles. The fourth-order valence-electron chi connectivity index (χ4n) is 1.66. The Morgan fingerprint density at radius 3 is 2.90 bits per heavy atom. The number of amides is 1. The van der Waals surface area contributed by atoms with Crippen molar-refractivity contribution in [3.05, 3.63) is 28.9 Å². The molecule has 106 valence electrons. The molecule has 2 aromatic heterocycles. The lowest BCUT2D eigenvalue weighted by Gasteiger charge is -2.11. The van der Waals surface area contributed by atoms with Crippen molar-refractivity contribution in [3.63, 3.8) is 0 Å². The smallest absolute Gasteiger partial charge is 0.407 e. The van der Waals surface area contributed by atoms with Crippen LogP contribution in [0.1, 0.15) is 5.69 Å². The summed E-state index contributed by atoms with van der Waals surface area (Å²) in [5.41, 5.74) is 0.702. The van der Waals surface area contributed by atoms with E-state index in [4.69, 9.17) is 16.7 Å². The van der Waals surface area contributed by atoms with Crippen LogP contribution in [0.15, 0.2) is 12.3 Å². The lowest BCUT2D eigenvalue weighted by atomic mass is 10.1. The molecule has 0 aliphatic rings. The monoisotopic (exact) mass is 299 g/mol. The van der Waals surface area contributed by atoms with E-state index in [1.807, 2.05) is 0 Å². The fraction of sp³-hybridized carbons (Fsp3) is 0.273. The van der Waals surface area contributed by atoms with Gasteiger partial charge in [-0.3, -0.25) is 0 Å². The summed E-state index contributed by atoms with van der Waals surface area (Å²) in [6, 6.07) is 1.41. The first-order valence-electron chi connectivity index (χ1n) is 5.54. The molecular formula is C11H11ClFN5O2. The Kier molecular flexibility index (Phi) is 3.84. The van der Waals surface area contributed by atoms with E-state index in [2.05, 4.69) is 15.2 Å². The molecule has 7 nitrogen and oxygen atoms in total. The van der Waals surface area contributed by atoms with E-state index in [-0.39, 0.29) is 23.0 Å². The van der Waals surface area contributed by atoms with Crippen molar-refractivity contribution in [1.82, 2.24) is 24.9 Å². The van der Waals surface area contributed by atoms with Crippen LogP contribution in [0.3, 0.4) is 0 Å². The lowest BCUT2D eigenvalue weighted by Crippen LogP contribution is -2.24. The highest BCUT2D eigenvalue weighted by Gasteiger charge is 2.20. The van der Waals surface area contributed by atoms with Crippen LogP contribution in [0.5, 0.6) is 0 Å². The molecule has 0 saturated heterocycles. The van der Waals surface area contributed by atoms with Gasteiger partial charge in [-0.2, -0.15) is 15.0 Å². The standard InChI is InChI=1S/C11H11ClFN5O2/c1-17(11(19)20)5-7-9(16-18(2)15-7)6-3-4-14-10(12)8(6)13/h3-4H,5H2,1-2H3,(H,19,20). The summed E-state index contributed by atoms with van der Waals surface area (Å²) < 4.78 is 14.0. The largest absolute Gasteiger partial charge is 0.465 e. The van der Waals surface area contributed by atoms with Crippen LogP contribution in [-0.2, 0) is 13.6 Å². The van der Waals surface area contributed by atoms with Crippen LogP contribution >= 0.6 is 11.6 Å². The maximum Gasteiger partial charge on any atom is 0.407 e. The van der Waals surface area contributed by atoms with Crippen LogP contribution in [0.4, 0.5) is 9.18 Å². The van der Waals surface area contributed by atoms with Gasteiger partial charge in [-0.15, -0.1) is 0 Å². The second-order valence-corrected chi connectivity index (χ2v) is 4.44. The molecule has 0 atom stereocenters. The van der Waals surface area contributed by atoms with Gasteiger partial charge in [0.15, 0.2) is 11.0 Å². The highest BCUT2D eigenvalue weighted by Crippen LogP contribution is 2.27. The summed E-state index contributed by atoms with van der Waals surface area (Å²) in [6.07, 6.45) is 0.231. The van der Waals surface area contributed by atoms with Gasteiger partial charge in [0.25, 0.3) is 0 Å². The van der Waals surface area contributed by atoms with Crippen molar-refractivity contribution in [1.29, 1.82) is 0 Å². The van der Waals surface area contributed by atoms with E-state index >= 15 is 0 Å². The molecule has 1 N–H and O–H groups in total. The lowest BCUT2D eigenvalue weighted by molar-refractivity contribution is 0.153. The minimum atomic E-state index is -1.12. The molecule has 2 heterocycles. The molecule has 0 saturated carbocycles. The Hall–Kier alpha value is -2.22. The minimum Gasteiger partial charge on any atom is -0.465 e. The number of carbonyl (C=O) groups is 1. The van der Waals surface area contributed by atoms with Crippen molar-refractivity contribution in [3.8, 4) is 11.3 Å². The maximum absolute atomic E-state index is 14.0. The topological polar surface area (TPSA) is 84.1 Å². The number of pyridine rings is 1. The van der Waals surface area contributed by atoms with Gasteiger partial charge in [-0.25, -0.2) is 14.2 Å². The molecule has 0 unspecified atom stereocenters. The molecule has 9 heteroatoms. The Morgan fingerprint density at radius 1 is 1.55 bits per heavy atom. The average molecular weight is 300 g/mol. The van der Waals surface area contributed by atoms with E-state index < -0.39 is 11.9 Å². The third-order valence-corrected chi connectivity index (χ3v) is 2.86. The van der Waals surface area contributed by atoms with E-state index in [0.717, 1.165) is 4.90 Å². The molecule has 0 bridgehead atoms. The van der Waals surface area contributed by atoms with E-state index in [1.165, 1.54) is 24.1 Å². The van der Waals surface area contributed by atoms with Crippen LogP contribution in [0, 0.1) is 5.82 Å². The first-order valence-corrected chi connectivity index (χ1v) is 5.92. The number of aryl methyl sites for hydroxylation is 1. The zero-order valence-electron chi connectivity index (χ0n) is 10.7. The molecule has 0 spiro atoms. The Morgan fingerprint density at radius 2 is 2.25 bits per heavy atom. The maximum atomic E-state index is 14.0. The Labute approximate surface area is 118 Å². The van der Waals surface area contributed by atoms with E-state index in [0.29, 0.717) is 5.69 Å². The average Bonchev–Trinajstić information content (AvgIpc) is 2.73. The SMILES string of the molecule is CN(Cc1nn(C)nc1-c1ccnc(Cl)c1F)C(=O)O. The number of hydrogen-bond donors (Lipinski definition) is 1. The highest BCUT2D eigenvalue weighted by atomic mass is 35.5. The predicted octanol–water partition coefficient (Wildman–Crippen LogP) is 1.78. The van der Waals surface area contributed by atoms with Crippen molar-refractivity contribution in [2.45, 2.75) is 6.54 Å². The Bertz CT molecular complexity index is 660. The van der Waals surface area contributed by atoms with Crippen LogP contribution in [0.25, 0.3) is 11.3 Å². The zero-order valence-corrected chi connectivity index (χ0v) is 11.5. The molecule has 2 aromatic rings. The minimum absolute atomic E-state index is 0.0160. The van der Waals surface area contributed by atoms with E-state index in [1.54, 1.807) is 7.05 Å². The first-order chi connectivity index (χ1) is 9.40. The molecule has 0 fully saturated rings. The van der Waals surface area contributed by atoms with Crippen molar-refractivity contribution in [2.24, 2.45) is 7.05 Å². The number of halogens is 2. The van der Waals surface area contributed by atoms with Gasteiger partial charge < -0.3 is 10.0 Å². The number of carboxylic acid groups (broad SMARTS) is 1. The van der Waals surface area contributed by atoms with Gasteiger partial charge in [-0.05, 0) is 6.07 Å². The van der Waals surface area contributed by atoms with Gasteiger partial charge >= 0.3 is 6.09 Å². The molecule has 0 aliphatic heterocycles. The van der Waals surface area contributed by atoms with Crippen molar-refractivity contribution < 1.29 is 14.3 Å².